The predicted octanol–water partition coefficient (Wildman–Crippen LogP) is 4.70. The molecular formula is C12H7BrClF3N2O. The van der Waals surface area contributed by atoms with Crippen molar-refractivity contribution in [1.82, 2.24) is 4.98 Å². The number of benzene rings is 1. The number of hydrogen-bond acceptors (Lipinski definition) is 1. The van der Waals surface area contributed by atoms with Gasteiger partial charge in [-0.2, -0.15) is 13.2 Å². The number of carbonyl (C=O) groups is 1. The number of nitrogens with one attached hydrogen (secondary N) is 2. The third-order valence-corrected chi connectivity index (χ3v) is 3.34. The summed E-state index contributed by atoms with van der Waals surface area (Å²) in [5.41, 5.74) is -0.671. The van der Waals surface area contributed by atoms with Crippen molar-refractivity contribution in [3.8, 4) is 0 Å². The Kier molecular flexibility index (Phi) is 4.10. The second-order valence-corrected chi connectivity index (χ2v) is 5.17. The second-order valence-electron chi connectivity index (χ2n) is 3.88. The number of halogens is 5. The van der Waals surface area contributed by atoms with Crippen molar-refractivity contribution in [2.75, 3.05) is 5.32 Å². The standard InChI is InChI=1S/C12H7BrClF3N2O/c13-8-2-1-6(12(15,16)17)3-9(8)19-11(20)10-4-7(14)5-18-10/h1-5,18H,(H,19,20). The van der Waals surface area contributed by atoms with Gasteiger partial charge in [-0.15, -0.1) is 0 Å². The number of amides is 1. The number of aromatic amines is 1. The second kappa shape index (κ2) is 5.49. The summed E-state index contributed by atoms with van der Waals surface area (Å²) in [6.07, 6.45) is -3.08. The molecule has 3 nitrogen and oxygen atoms in total. The van der Waals surface area contributed by atoms with Crippen molar-refractivity contribution in [3.63, 3.8) is 0 Å². The summed E-state index contributed by atoms with van der Waals surface area (Å²) in [7, 11) is 0. The number of rotatable bonds is 2. The van der Waals surface area contributed by atoms with Gasteiger partial charge >= 0.3 is 6.18 Å². The van der Waals surface area contributed by atoms with Crippen LogP contribution < -0.4 is 5.32 Å². The molecule has 0 saturated heterocycles. The zero-order chi connectivity index (χ0) is 14.9. The number of carbonyl (C=O) groups excluding carboxylic acids is 1. The molecule has 0 aliphatic carbocycles. The summed E-state index contributed by atoms with van der Waals surface area (Å²) >= 11 is 8.74. The summed E-state index contributed by atoms with van der Waals surface area (Å²) in [6, 6.07) is 4.37. The fourth-order valence-corrected chi connectivity index (χ4v) is 2.00. The van der Waals surface area contributed by atoms with Crippen LogP contribution in [0.15, 0.2) is 34.9 Å². The highest BCUT2D eigenvalue weighted by molar-refractivity contribution is 9.10. The van der Waals surface area contributed by atoms with Gasteiger partial charge in [0.2, 0.25) is 0 Å². The molecule has 2 rings (SSSR count). The van der Waals surface area contributed by atoms with Crippen LogP contribution in [0.4, 0.5) is 18.9 Å². The minimum absolute atomic E-state index is 0.0237. The van der Waals surface area contributed by atoms with Gasteiger partial charge in [-0.05, 0) is 40.2 Å². The molecule has 0 atom stereocenters. The van der Waals surface area contributed by atoms with E-state index in [1.165, 1.54) is 18.3 Å². The number of hydrogen-bond donors (Lipinski definition) is 2. The Bertz CT molecular complexity index is 654. The topological polar surface area (TPSA) is 44.9 Å². The van der Waals surface area contributed by atoms with E-state index in [0.717, 1.165) is 12.1 Å². The highest BCUT2D eigenvalue weighted by atomic mass is 79.9. The maximum Gasteiger partial charge on any atom is 0.416 e. The largest absolute Gasteiger partial charge is 0.416 e. The Morgan fingerprint density at radius 3 is 2.55 bits per heavy atom. The van der Waals surface area contributed by atoms with Crippen molar-refractivity contribution in [3.05, 3.63) is 51.2 Å². The van der Waals surface area contributed by atoms with E-state index in [4.69, 9.17) is 11.6 Å². The monoisotopic (exact) mass is 366 g/mol. The molecule has 2 aromatic rings. The average molecular weight is 368 g/mol. The van der Waals surface area contributed by atoms with Gasteiger partial charge in [0.1, 0.15) is 5.69 Å². The zero-order valence-corrected chi connectivity index (χ0v) is 12.0. The smallest absolute Gasteiger partial charge is 0.356 e. The highest BCUT2D eigenvalue weighted by Gasteiger charge is 2.31. The lowest BCUT2D eigenvalue weighted by atomic mass is 10.2. The summed E-state index contributed by atoms with van der Waals surface area (Å²) in [6.45, 7) is 0. The first kappa shape index (κ1) is 14.9. The molecule has 0 fully saturated rings. The van der Waals surface area contributed by atoms with Gasteiger partial charge in [-0.25, -0.2) is 0 Å². The van der Waals surface area contributed by atoms with Crippen LogP contribution >= 0.6 is 27.5 Å². The zero-order valence-electron chi connectivity index (χ0n) is 9.68. The third-order valence-electron chi connectivity index (χ3n) is 2.43. The maximum absolute atomic E-state index is 12.6. The van der Waals surface area contributed by atoms with Gasteiger partial charge in [0.15, 0.2) is 0 Å². The minimum Gasteiger partial charge on any atom is -0.356 e. The van der Waals surface area contributed by atoms with E-state index in [2.05, 4.69) is 26.2 Å². The van der Waals surface area contributed by atoms with Crippen LogP contribution in [0.3, 0.4) is 0 Å². The molecule has 0 aliphatic rings. The molecular weight excluding hydrogens is 360 g/mol. The van der Waals surface area contributed by atoms with Crippen LogP contribution in [-0.4, -0.2) is 10.9 Å². The number of alkyl halides is 3. The molecule has 0 radical (unpaired) electrons. The Morgan fingerprint density at radius 1 is 1.30 bits per heavy atom. The van der Waals surface area contributed by atoms with Gasteiger partial charge in [-0.3, -0.25) is 4.79 Å². The Labute approximate surface area is 125 Å². The summed E-state index contributed by atoms with van der Waals surface area (Å²) in [4.78, 5) is 14.4. The number of anilines is 1. The fourth-order valence-electron chi connectivity index (χ4n) is 1.49. The van der Waals surface area contributed by atoms with Gasteiger partial charge in [0.05, 0.1) is 16.3 Å². The van der Waals surface area contributed by atoms with Crippen LogP contribution in [0.5, 0.6) is 0 Å². The predicted molar refractivity (Wildman–Crippen MR) is 72.9 cm³/mol. The minimum atomic E-state index is -4.48. The first-order chi connectivity index (χ1) is 9.27. The van der Waals surface area contributed by atoms with E-state index in [1.807, 2.05) is 0 Å². The molecule has 1 aromatic heterocycles. The molecule has 0 bridgehead atoms. The number of aromatic nitrogens is 1. The molecule has 0 spiro atoms. The lowest BCUT2D eigenvalue weighted by Gasteiger charge is -2.11. The van der Waals surface area contributed by atoms with Crippen molar-refractivity contribution in [2.45, 2.75) is 6.18 Å². The molecule has 106 valence electrons. The molecule has 8 heteroatoms. The molecule has 0 unspecified atom stereocenters. The van der Waals surface area contributed by atoms with Crippen LogP contribution in [0, 0.1) is 0 Å². The average Bonchev–Trinajstić information content (AvgIpc) is 2.77. The summed E-state index contributed by atoms with van der Waals surface area (Å²) < 4.78 is 38.2. The molecule has 1 amide bonds. The van der Waals surface area contributed by atoms with Crippen LogP contribution in [0.25, 0.3) is 0 Å². The van der Waals surface area contributed by atoms with Crippen molar-refractivity contribution in [2.24, 2.45) is 0 Å². The molecule has 1 heterocycles. The van der Waals surface area contributed by atoms with E-state index in [9.17, 15) is 18.0 Å². The van der Waals surface area contributed by atoms with E-state index in [1.54, 1.807) is 0 Å². The van der Waals surface area contributed by atoms with E-state index in [0.29, 0.717) is 9.50 Å². The summed E-state index contributed by atoms with van der Waals surface area (Å²) in [5, 5.41) is 2.71. The van der Waals surface area contributed by atoms with Crippen LogP contribution in [0.1, 0.15) is 16.1 Å². The van der Waals surface area contributed by atoms with Crippen LogP contribution in [0.2, 0.25) is 5.02 Å². The third kappa shape index (κ3) is 3.34. The fraction of sp³-hybridized carbons (Fsp3) is 0.0833. The lowest BCUT2D eigenvalue weighted by molar-refractivity contribution is -0.137. The first-order valence-corrected chi connectivity index (χ1v) is 6.46. The highest BCUT2D eigenvalue weighted by Crippen LogP contribution is 2.34. The molecule has 0 aliphatic heterocycles. The van der Waals surface area contributed by atoms with Gasteiger partial charge in [0.25, 0.3) is 5.91 Å². The maximum atomic E-state index is 12.6. The molecule has 20 heavy (non-hydrogen) atoms. The van der Waals surface area contributed by atoms with E-state index >= 15 is 0 Å². The molecule has 2 N–H and O–H groups in total. The SMILES string of the molecule is O=C(Nc1cc(C(F)(F)F)ccc1Br)c1cc(Cl)c[nH]1. The Balaban J connectivity index is 2.27. The number of H-pyrrole nitrogens is 1. The Morgan fingerprint density at radius 2 is 2.00 bits per heavy atom. The quantitative estimate of drug-likeness (QED) is 0.794. The van der Waals surface area contributed by atoms with E-state index < -0.39 is 17.6 Å². The van der Waals surface area contributed by atoms with Gasteiger partial charge < -0.3 is 10.3 Å². The first-order valence-electron chi connectivity index (χ1n) is 5.29. The van der Waals surface area contributed by atoms with Crippen molar-refractivity contribution < 1.29 is 18.0 Å². The lowest BCUT2D eigenvalue weighted by Crippen LogP contribution is -2.14. The molecule has 0 saturated carbocycles. The van der Waals surface area contributed by atoms with E-state index in [-0.39, 0.29) is 11.4 Å². The normalized spacial score (nSPS) is 11.4. The summed E-state index contributed by atoms with van der Waals surface area (Å²) in [5.74, 6) is -0.586. The van der Waals surface area contributed by atoms with Crippen molar-refractivity contribution in [1.29, 1.82) is 0 Å². The molecule has 1 aromatic carbocycles. The van der Waals surface area contributed by atoms with Gasteiger partial charge in [-0.1, -0.05) is 11.6 Å². The van der Waals surface area contributed by atoms with Crippen LogP contribution in [-0.2, 0) is 6.18 Å². The van der Waals surface area contributed by atoms with Crippen molar-refractivity contribution >= 4 is 39.1 Å². The Hall–Kier alpha value is -1.47. The van der Waals surface area contributed by atoms with Gasteiger partial charge in [0, 0.05) is 10.7 Å².